The molecule has 2 aromatic rings. The van der Waals surface area contributed by atoms with E-state index in [9.17, 15) is 13.2 Å². The summed E-state index contributed by atoms with van der Waals surface area (Å²) in [4.78, 5) is 12.3. The summed E-state index contributed by atoms with van der Waals surface area (Å²) in [6.45, 7) is 0.856. The first kappa shape index (κ1) is 20.4. The number of methoxy groups -OCH3 is 1. The van der Waals surface area contributed by atoms with Gasteiger partial charge in [-0.3, -0.25) is 4.79 Å². The number of anilines is 1. The fourth-order valence-electron chi connectivity index (χ4n) is 2.90. The number of sulfonamides is 1. The zero-order valence-electron chi connectivity index (χ0n) is 15.4. The quantitative estimate of drug-likeness (QED) is 0.738. The number of carbonyl (C=O) groups excluding carboxylic acids is 1. The number of halogens is 1. The van der Waals surface area contributed by atoms with E-state index in [1.807, 2.05) is 0 Å². The second-order valence-electron chi connectivity index (χ2n) is 6.26. The number of ether oxygens (including phenoxy) is 2. The highest BCUT2D eigenvalue weighted by atomic mass is 35.5. The molecule has 0 atom stereocenters. The standard InChI is InChI=1S/C19H21ClN2O5S/c1-26-18-9-4-14(20)12-17(18)21-19(23)13-27-15-5-7-16(8-6-15)28(24,25)22-10-2-3-11-22/h4-9,12H,2-3,10-11,13H2,1H3,(H,21,23). The first-order valence-electron chi connectivity index (χ1n) is 8.76. The van der Waals surface area contributed by atoms with Gasteiger partial charge in [0.15, 0.2) is 6.61 Å². The third kappa shape index (κ3) is 4.76. The van der Waals surface area contributed by atoms with Crippen LogP contribution in [0.5, 0.6) is 11.5 Å². The predicted octanol–water partition coefficient (Wildman–Crippen LogP) is 3.15. The third-order valence-corrected chi connectivity index (χ3v) is 6.48. The maximum Gasteiger partial charge on any atom is 0.262 e. The maximum absolute atomic E-state index is 12.5. The van der Waals surface area contributed by atoms with E-state index in [2.05, 4.69) is 5.32 Å². The van der Waals surface area contributed by atoms with E-state index in [1.165, 1.54) is 35.7 Å². The molecule has 1 aliphatic heterocycles. The van der Waals surface area contributed by atoms with Crippen LogP contribution in [0, 0.1) is 0 Å². The Morgan fingerprint density at radius 2 is 1.82 bits per heavy atom. The summed E-state index contributed by atoms with van der Waals surface area (Å²) in [5.41, 5.74) is 0.440. The van der Waals surface area contributed by atoms with Gasteiger partial charge in [-0.2, -0.15) is 4.31 Å². The van der Waals surface area contributed by atoms with E-state index in [1.54, 1.807) is 18.2 Å². The molecule has 1 N–H and O–H groups in total. The molecule has 0 radical (unpaired) electrons. The van der Waals surface area contributed by atoms with Crippen LogP contribution >= 0.6 is 11.6 Å². The lowest BCUT2D eigenvalue weighted by Crippen LogP contribution is -2.27. The van der Waals surface area contributed by atoms with Crippen LogP contribution < -0.4 is 14.8 Å². The Hall–Kier alpha value is -2.29. The Labute approximate surface area is 169 Å². The monoisotopic (exact) mass is 424 g/mol. The molecular formula is C19H21ClN2O5S. The van der Waals surface area contributed by atoms with Gasteiger partial charge in [0.05, 0.1) is 17.7 Å². The maximum atomic E-state index is 12.5. The van der Waals surface area contributed by atoms with E-state index in [0.717, 1.165) is 12.8 Å². The van der Waals surface area contributed by atoms with Crippen LogP contribution in [0.15, 0.2) is 47.4 Å². The number of carbonyl (C=O) groups is 1. The van der Waals surface area contributed by atoms with E-state index < -0.39 is 15.9 Å². The molecule has 9 heteroatoms. The van der Waals surface area contributed by atoms with Crippen molar-refractivity contribution in [3.05, 3.63) is 47.5 Å². The Balaban J connectivity index is 1.59. The van der Waals surface area contributed by atoms with Crippen molar-refractivity contribution in [3.63, 3.8) is 0 Å². The molecule has 1 heterocycles. The molecule has 1 saturated heterocycles. The summed E-state index contributed by atoms with van der Waals surface area (Å²) < 4.78 is 37.1. The zero-order chi connectivity index (χ0) is 20.1. The predicted molar refractivity (Wildman–Crippen MR) is 107 cm³/mol. The highest BCUT2D eigenvalue weighted by molar-refractivity contribution is 7.89. The zero-order valence-corrected chi connectivity index (χ0v) is 16.9. The van der Waals surface area contributed by atoms with Crippen LogP contribution in [0.3, 0.4) is 0 Å². The van der Waals surface area contributed by atoms with E-state index in [4.69, 9.17) is 21.1 Å². The van der Waals surface area contributed by atoms with Crippen molar-refractivity contribution < 1.29 is 22.7 Å². The SMILES string of the molecule is COc1ccc(Cl)cc1NC(=O)COc1ccc(S(=O)(=O)N2CCCC2)cc1. The molecule has 150 valence electrons. The van der Waals surface area contributed by atoms with Gasteiger partial charge in [0.2, 0.25) is 10.0 Å². The summed E-state index contributed by atoms with van der Waals surface area (Å²) in [6, 6.07) is 10.9. The number of rotatable bonds is 7. The summed E-state index contributed by atoms with van der Waals surface area (Å²) in [5.74, 6) is 0.483. The average molecular weight is 425 g/mol. The fourth-order valence-corrected chi connectivity index (χ4v) is 4.59. The third-order valence-electron chi connectivity index (χ3n) is 4.33. The minimum absolute atomic E-state index is 0.217. The van der Waals surface area contributed by atoms with Crippen LogP contribution in [0.1, 0.15) is 12.8 Å². The van der Waals surface area contributed by atoms with Crippen molar-refractivity contribution in [3.8, 4) is 11.5 Å². The van der Waals surface area contributed by atoms with Crippen molar-refractivity contribution in [1.29, 1.82) is 0 Å². The van der Waals surface area contributed by atoms with Crippen LogP contribution in [-0.2, 0) is 14.8 Å². The van der Waals surface area contributed by atoms with Crippen LogP contribution in [0.2, 0.25) is 5.02 Å². The number of hydrogen-bond acceptors (Lipinski definition) is 5. The number of hydrogen-bond donors (Lipinski definition) is 1. The molecular weight excluding hydrogens is 404 g/mol. The Kier molecular flexibility index (Phi) is 6.43. The van der Waals surface area contributed by atoms with E-state index >= 15 is 0 Å². The van der Waals surface area contributed by atoms with Gasteiger partial charge in [0.25, 0.3) is 5.91 Å². The minimum atomic E-state index is -3.47. The van der Waals surface area contributed by atoms with Gasteiger partial charge in [-0.05, 0) is 55.3 Å². The van der Waals surface area contributed by atoms with Crippen molar-refractivity contribution in [2.24, 2.45) is 0 Å². The molecule has 2 aromatic carbocycles. The Morgan fingerprint density at radius 1 is 1.14 bits per heavy atom. The smallest absolute Gasteiger partial charge is 0.262 e. The molecule has 1 aliphatic rings. The lowest BCUT2D eigenvalue weighted by molar-refractivity contribution is -0.118. The van der Waals surface area contributed by atoms with Gasteiger partial charge in [0, 0.05) is 18.1 Å². The Bertz CT molecular complexity index is 941. The minimum Gasteiger partial charge on any atom is -0.495 e. The molecule has 28 heavy (non-hydrogen) atoms. The van der Waals surface area contributed by atoms with Crippen LogP contribution in [-0.4, -0.2) is 45.4 Å². The molecule has 0 saturated carbocycles. The lowest BCUT2D eigenvalue weighted by atomic mass is 10.3. The van der Waals surface area contributed by atoms with Gasteiger partial charge in [-0.25, -0.2) is 8.42 Å². The number of amides is 1. The second kappa shape index (κ2) is 8.81. The summed E-state index contributed by atoms with van der Waals surface area (Å²) in [6.07, 6.45) is 1.76. The molecule has 1 amide bonds. The number of nitrogens with one attached hydrogen (secondary N) is 1. The highest BCUT2D eigenvalue weighted by Crippen LogP contribution is 2.27. The van der Waals surface area contributed by atoms with Crippen molar-refractivity contribution >= 4 is 33.2 Å². The molecule has 0 spiro atoms. The highest BCUT2D eigenvalue weighted by Gasteiger charge is 2.26. The topological polar surface area (TPSA) is 84.9 Å². The van der Waals surface area contributed by atoms with Gasteiger partial charge in [-0.1, -0.05) is 11.6 Å². The summed E-state index contributed by atoms with van der Waals surface area (Å²) >= 11 is 5.94. The van der Waals surface area contributed by atoms with E-state index in [-0.39, 0.29) is 11.5 Å². The molecule has 3 rings (SSSR count). The normalized spacial score (nSPS) is 14.6. The molecule has 0 bridgehead atoms. The van der Waals surface area contributed by atoms with Gasteiger partial charge in [-0.15, -0.1) is 0 Å². The van der Waals surface area contributed by atoms with Gasteiger partial charge >= 0.3 is 0 Å². The van der Waals surface area contributed by atoms with Gasteiger partial charge < -0.3 is 14.8 Å². The lowest BCUT2D eigenvalue weighted by Gasteiger charge is -2.15. The molecule has 1 fully saturated rings. The van der Waals surface area contributed by atoms with Crippen LogP contribution in [0.25, 0.3) is 0 Å². The average Bonchev–Trinajstić information content (AvgIpc) is 3.23. The Morgan fingerprint density at radius 3 is 2.46 bits per heavy atom. The summed E-state index contributed by atoms with van der Waals surface area (Å²) in [5, 5.41) is 3.13. The number of nitrogens with zero attached hydrogens (tertiary/aromatic N) is 1. The molecule has 7 nitrogen and oxygen atoms in total. The first-order valence-corrected chi connectivity index (χ1v) is 10.6. The molecule has 0 aliphatic carbocycles. The fraction of sp³-hybridized carbons (Fsp3) is 0.316. The van der Waals surface area contributed by atoms with E-state index in [0.29, 0.717) is 35.3 Å². The van der Waals surface area contributed by atoms with Gasteiger partial charge in [0.1, 0.15) is 11.5 Å². The largest absolute Gasteiger partial charge is 0.495 e. The number of benzene rings is 2. The second-order valence-corrected chi connectivity index (χ2v) is 8.64. The van der Waals surface area contributed by atoms with Crippen molar-refractivity contribution in [1.82, 2.24) is 4.31 Å². The van der Waals surface area contributed by atoms with Crippen LogP contribution in [0.4, 0.5) is 5.69 Å². The molecule has 0 aromatic heterocycles. The van der Waals surface area contributed by atoms with Crippen molar-refractivity contribution in [2.45, 2.75) is 17.7 Å². The summed E-state index contributed by atoms with van der Waals surface area (Å²) in [7, 11) is -1.97. The molecule has 0 unspecified atom stereocenters. The first-order chi connectivity index (χ1) is 13.4. The van der Waals surface area contributed by atoms with Crippen molar-refractivity contribution in [2.75, 3.05) is 32.1 Å².